The Morgan fingerprint density at radius 2 is 1.72 bits per heavy atom. The molecule has 0 fully saturated rings. The van der Waals surface area contributed by atoms with Crippen molar-refractivity contribution in [2.24, 2.45) is 0 Å². The van der Waals surface area contributed by atoms with Gasteiger partial charge in [0, 0.05) is 5.69 Å². The van der Waals surface area contributed by atoms with Crippen LogP contribution in [0.15, 0.2) is 60.7 Å². The molecular formula is C25H24N2O5. The smallest absolute Gasteiger partial charge is 0.265 e. The zero-order valence-electron chi connectivity index (χ0n) is 18.2. The average Bonchev–Trinajstić information content (AvgIpc) is 2.81. The minimum Gasteiger partial charge on any atom is -0.496 e. The largest absolute Gasteiger partial charge is 0.496 e. The Labute approximate surface area is 186 Å². The standard InChI is InChI=1S/C25H24N2O5/c1-16-7-9-17(10-8-16)14-27-19-13-18(11-12-20(19)32-15-23(27)28)26-25(29)24-21(30-2)5-4-6-22(24)31-3/h4-13H,14-15H2,1-3H3,(H,26,29). The fraction of sp³-hybridized carbons (Fsp3) is 0.200. The third-order valence-electron chi connectivity index (χ3n) is 5.28. The van der Waals surface area contributed by atoms with E-state index in [4.69, 9.17) is 14.2 Å². The minimum absolute atomic E-state index is 0.0248. The van der Waals surface area contributed by atoms with E-state index in [2.05, 4.69) is 5.32 Å². The molecule has 32 heavy (non-hydrogen) atoms. The fourth-order valence-electron chi connectivity index (χ4n) is 3.60. The lowest BCUT2D eigenvalue weighted by molar-refractivity contribution is -0.121. The number of rotatable bonds is 6. The third kappa shape index (κ3) is 4.23. The highest BCUT2D eigenvalue weighted by Gasteiger charge is 2.27. The Kier molecular flexibility index (Phi) is 5.98. The van der Waals surface area contributed by atoms with Crippen molar-refractivity contribution >= 4 is 23.2 Å². The lowest BCUT2D eigenvalue weighted by Gasteiger charge is -2.30. The van der Waals surface area contributed by atoms with E-state index in [0.29, 0.717) is 40.7 Å². The van der Waals surface area contributed by atoms with E-state index in [-0.39, 0.29) is 18.4 Å². The Morgan fingerprint density at radius 1 is 1.03 bits per heavy atom. The second-order valence-electron chi connectivity index (χ2n) is 7.43. The van der Waals surface area contributed by atoms with Crippen molar-refractivity contribution in [2.75, 3.05) is 31.0 Å². The topological polar surface area (TPSA) is 77.1 Å². The SMILES string of the molecule is COc1cccc(OC)c1C(=O)Nc1ccc2c(c1)N(Cc1ccc(C)cc1)C(=O)CO2. The first-order valence-corrected chi connectivity index (χ1v) is 10.1. The zero-order chi connectivity index (χ0) is 22.7. The highest BCUT2D eigenvalue weighted by Crippen LogP contribution is 2.36. The van der Waals surface area contributed by atoms with Crippen LogP contribution in [-0.4, -0.2) is 32.6 Å². The van der Waals surface area contributed by atoms with Crippen molar-refractivity contribution < 1.29 is 23.8 Å². The normalized spacial score (nSPS) is 12.6. The second-order valence-corrected chi connectivity index (χ2v) is 7.43. The fourth-order valence-corrected chi connectivity index (χ4v) is 3.60. The van der Waals surface area contributed by atoms with Crippen LogP contribution in [0.4, 0.5) is 11.4 Å². The van der Waals surface area contributed by atoms with Gasteiger partial charge in [0.25, 0.3) is 11.8 Å². The maximum atomic E-state index is 13.0. The molecule has 0 saturated heterocycles. The van der Waals surface area contributed by atoms with Crippen LogP contribution in [0.1, 0.15) is 21.5 Å². The van der Waals surface area contributed by atoms with Gasteiger partial charge in [-0.2, -0.15) is 0 Å². The van der Waals surface area contributed by atoms with Gasteiger partial charge < -0.3 is 24.4 Å². The summed E-state index contributed by atoms with van der Waals surface area (Å²) in [6.07, 6.45) is 0. The van der Waals surface area contributed by atoms with Crippen molar-refractivity contribution in [2.45, 2.75) is 13.5 Å². The van der Waals surface area contributed by atoms with Gasteiger partial charge in [0.05, 0.1) is 26.5 Å². The van der Waals surface area contributed by atoms with Crippen molar-refractivity contribution in [3.05, 3.63) is 77.4 Å². The summed E-state index contributed by atoms with van der Waals surface area (Å²) < 4.78 is 16.3. The van der Waals surface area contributed by atoms with Crippen LogP contribution in [0.2, 0.25) is 0 Å². The van der Waals surface area contributed by atoms with Crippen LogP contribution in [0, 0.1) is 6.92 Å². The van der Waals surface area contributed by atoms with Gasteiger partial charge in [-0.15, -0.1) is 0 Å². The molecule has 7 heteroatoms. The molecule has 0 atom stereocenters. The van der Waals surface area contributed by atoms with Gasteiger partial charge in [-0.05, 0) is 42.8 Å². The predicted molar refractivity (Wildman–Crippen MR) is 122 cm³/mol. The molecule has 1 aliphatic heterocycles. The molecule has 0 unspecified atom stereocenters. The van der Waals surface area contributed by atoms with Crippen molar-refractivity contribution in [1.29, 1.82) is 0 Å². The van der Waals surface area contributed by atoms with Crippen LogP contribution in [-0.2, 0) is 11.3 Å². The van der Waals surface area contributed by atoms with Gasteiger partial charge in [0.1, 0.15) is 22.8 Å². The van der Waals surface area contributed by atoms with E-state index in [1.54, 1.807) is 41.3 Å². The first kappa shape index (κ1) is 21.2. The number of nitrogens with one attached hydrogen (secondary N) is 1. The minimum atomic E-state index is -0.382. The summed E-state index contributed by atoms with van der Waals surface area (Å²) in [5.41, 5.74) is 3.57. The molecular weight excluding hydrogens is 408 g/mol. The number of ether oxygens (including phenoxy) is 3. The Hall–Kier alpha value is -4.00. The zero-order valence-corrected chi connectivity index (χ0v) is 18.2. The summed E-state index contributed by atoms with van der Waals surface area (Å²) in [6, 6.07) is 18.4. The number of fused-ring (bicyclic) bond motifs is 1. The molecule has 0 spiro atoms. The van der Waals surface area contributed by atoms with E-state index in [1.165, 1.54) is 14.2 Å². The maximum Gasteiger partial charge on any atom is 0.265 e. The van der Waals surface area contributed by atoms with Crippen molar-refractivity contribution in [1.82, 2.24) is 0 Å². The molecule has 0 bridgehead atoms. The molecule has 0 saturated carbocycles. The molecule has 0 aliphatic carbocycles. The number of amides is 2. The molecule has 4 rings (SSSR count). The van der Waals surface area contributed by atoms with Gasteiger partial charge in [-0.25, -0.2) is 0 Å². The number of hydrogen-bond acceptors (Lipinski definition) is 5. The van der Waals surface area contributed by atoms with Gasteiger partial charge >= 0.3 is 0 Å². The Morgan fingerprint density at radius 3 is 2.38 bits per heavy atom. The highest BCUT2D eigenvalue weighted by molar-refractivity contribution is 6.09. The second kappa shape index (κ2) is 9.01. The van der Waals surface area contributed by atoms with Crippen LogP contribution in [0.3, 0.4) is 0 Å². The lowest BCUT2D eigenvalue weighted by atomic mass is 10.1. The van der Waals surface area contributed by atoms with E-state index in [1.807, 2.05) is 31.2 Å². The highest BCUT2D eigenvalue weighted by atomic mass is 16.5. The Balaban J connectivity index is 1.63. The first-order chi connectivity index (χ1) is 15.5. The molecule has 1 heterocycles. The summed E-state index contributed by atoms with van der Waals surface area (Å²) >= 11 is 0. The maximum absolute atomic E-state index is 13.0. The number of aryl methyl sites for hydroxylation is 1. The summed E-state index contributed by atoms with van der Waals surface area (Å²) in [5.74, 6) is 0.864. The summed E-state index contributed by atoms with van der Waals surface area (Å²) in [5, 5.41) is 2.87. The molecule has 1 aliphatic rings. The summed E-state index contributed by atoms with van der Waals surface area (Å²) in [4.78, 5) is 27.3. The molecule has 3 aromatic rings. The van der Waals surface area contributed by atoms with Gasteiger partial charge in [0.2, 0.25) is 0 Å². The summed E-state index contributed by atoms with van der Waals surface area (Å²) in [7, 11) is 2.99. The monoisotopic (exact) mass is 432 g/mol. The van der Waals surface area contributed by atoms with Gasteiger partial charge in [0.15, 0.2) is 6.61 Å². The molecule has 1 N–H and O–H groups in total. The number of carbonyl (C=O) groups is 2. The lowest BCUT2D eigenvalue weighted by Crippen LogP contribution is -2.38. The van der Waals surface area contributed by atoms with Crippen LogP contribution in [0.25, 0.3) is 0 Å². The van der Waals surface area contributed by atoms with Crippen LogP contribution in [0.5, 0.6) is 17.2 Å². The number of anilines is 2. The van der Waals surface area contributed by atoms with Crippen LogP contribution >= 0.6 is 0 Å². The van der Waals surface area contributed by atoms with Crippen molar-refractivity contribution in [3.8, 4) is 17.2 Å². The molecule has 3 aromatic carbocycles. The summed E-state index contributed by atoms with van der Waals surface area (Å²) in [6.45, 7) is 2.40. The van der Waals surface area contributed by atoms with Crippen LogP contribution < -0.4 is 24.4 Å². The van der Waals surface area contributed by atoms with Crippen molar-refractivity contribution in [3.63, 3.8) is 0 Å². The van der Waals surface area contributed by atoms with E-state index in [0.717, 1.165) is 11.1 Å². The number of hydrogen-bond donors (Lipinski definition) is 1. The molecule has 164 valence electrons. The third-order valence-corrected chi connectivity index (χ3v) is 5.28. The molecule has 0 radical (unpaired) electrons. The van der Waals surface area contributed by atoms with E-state index < -0.39 is 0 Å². The van der Waals surface area contributed by atoms with E-state index >= 15 is 0 Å². The number of benzene rings is 3. The predicted octanol–water partition coefficient (Wildman–Crippen LogP) is 4.19. The number of nitrogens with zero attached hydrogens (tertiary/aromatic N) is 1. The van der Waals surface area contributed by atoms with Gasteiger partial charge in [-0.1, -0.05) is 35.9 Å². The first-order valence-electron chi connectivity index (χ1n) is 10.1. The Bertz CT molecular complexity index is 1140. The van der Waals surface area contributed by atoms with E-state index in [9.17, 15) is 9.59 Å². The van der Waals surface area contributed by atoms with Gasteiger partial charge in [-0.3, -0.25) is 9.59 Å². The molecule has 2 amide bonds. The molecule has 7 nitrogen and oxygen atoms in total. The number of carbonyl (C=O) groups excluding carboxylic acids is 2. The molecule has 0 aromatic heterocycles. The average molecular weight is 432 g/mol. The number of methoxy groups -OCH3 is 2. The quantitative estimate of drug-likeness (QED) is 0.632.